The Labute approximate surface area is 126 Å². The molecular formula is C18H24N2O. The Bertz CT molecular complexity index is 550. The Morgan fingerprint density at radius 3 is 2.90 bits per heavy atom. The summed E-state index contributed by atoms with van der Waals surface area (Å²) in [7, 11) is 0. The lowest BCUT2D eigenvalue weighted by atomic mass is 9.78. The van der Waals surface area contributed by atoms with Gasteiger partial charge in [0.2, 0.25) is 5.91 Å². The maximum Gasteiger partial charge on any atom is 0.224 e. The van der Waals surface area contributed by atoms with E-state index < -0.39 is 0 Å². The van der Waals surface area contributed by atoms with Crippen molar-refractivity contribution in [2.24, 2.45) is 5.92 Å². The van der Waals surface area contributed by atoms with Gasteiger partial charge in [0.15, 0.2) is 0 Å². The molecule has 0 bridgehead atoms. The minimum Gasteiger partial charge on any atom is -0.353 e. The van der Waals surface area contributed by atoms with E-state index in [9.17, 15) is 4.79 Å². The molecule has 2 aliphatic carbocycles. The average molecular weight is 284 g/mol. The third kappa shape index (κ3) is 2.28. The molecule has 2 unspecified atom stereocenters. The molecule has 3 heteroatoms. The number of carbonyl (C=O) groups is 1. The fourth-order valence-electron chi connectivity index (χ4n) is 4.44. The highest BCUT2D eigenvalue weighted by Gasteiger charge is 2.60. The lowest BCUT2D eigenvalue weighted by Gasteiger charge is -2.28. The maximum atomic E-state index is 12.6. The molecule has 1 aliphatic heterocycles. The van der Waals surface area contributed by atoms with Crippen molar-refractivity contribution in [1.82, 2.24) is 10.6 Å². The molecule has 1 aromatic carbocycles. The van der Waals surface area contributed by atoms with Gasteiger partial charge < -0.3 is 10.6 Å². The number of piperidine rings is 1. The molecule has 1 aromatic rings. The number of hydrogen-bond donors (Lipinski definition) is 2. The molecule has 3 aliphatic rings. The molecule has 3 nitrogen and oxygen atoms in total. The van der Waals surface area contributed by atoms with Gasteiger partial charge in [-0.3, -0.25) is 4.79 Å². The normalized spacial score (nSPS) is 31.7. The SMILES string of the molecule is O=C(NC1CCNCC1)C1CC12CCCc1ccccc12. The van der Waals surface area contributed by atoms with Crippen LogP contribution in [0.1, 0.15) is 43.2 Å². The van der Waals surface area contributed by atoms with Crippen molar-refractivity contribution in [3.63, 3.8) is 0 Å². The van der Waals surface area contributed by atoms with Gasteiger partial charge in [-0.25, -0.2) is 0 Å². The number of fused-ring (bicyclic) bond motifs is 2. The van der Waals surface area contributed by atoms with E-state index in [2.05, 4.69) is 34.9 Å². The van der Waals surface area contributed by atoms with Crippen LogP contribution in [0.4, 0.5) is 0 Å². The molecule has 1 amide bonds. The van der Waals surface area contributed by atoms with E-state index in [1.54, 1.807) is 0 Å². The topological polar surface area (TPSA) is 41.1 Å². The van der Waals surface area contributed by atoms with E-state index in [4.69, 9.17) is 0 Å². The summed E-state index contributed by atoms with van der Waals surface area (Å²) in [5.41, 5.74) is 3.11. The number of benzene rings is 1. The molecule has 21 heavy (non-hydrogen) atoms. The fraction of sp³-hybridized carbons (Fsp3) is 0.611. The van der Waals surface area contributed by atoms with E-state index in [-0.39, 0.29) is 11.3 Å². The van der Waals surface area contributed by atoms with Gasteiger partial charge in [-0.15, -0.1) is 0 Å². The van der Waals surface area contributed by atoms with Crippen LogP contribution >= 0.6 is 0 Å². The van der Waals surface area contributed by atoms with Crippen LogP contribution in [-0.4, -0.2) is 25.0 Å². The number of carbonyl (C=O) groups excluding carboxylic acids is 1. The average Bonchev–Trinajstić information content (AvgIpc) is 3.24. The molecule has 1 saturated carbocycles. The van der Waals surface area contributed by atoms with Crippen LogP contribution in [0.25, 0.3) is 0 Å². The molecular weight excluding hydrogens is 260 g/mol. The van der Waals surface area contributed by atoms with Gasteiger partial charge in [-0.1, -0.05) is 24.3 Å². The summed E-state index contributed by atoms with van der Waals surface area (Å²) in [6.07, 6.45) is 6.80. The zero-order valence-corrected chi connectivity index (χ0v) is 12.5. The Kier molecular flexibility index (Phi) is 3.26. The van der Waals surface area contributed by atoms with Gasteiger partial charge in [0.25, 0.3) is 0 Å². The third-order valence-electron chi connectivity index (χ3n) is 5.70. The number of amides is 1. The summed E-state index contributed by atoms with van der Waals surface area (Å²) >= 11 is 0. The molecule has 4 rings (SSSR count). The van der Waals surface area contributed by atoms with Crippen LogP contribution < -0.4 is 10.6 Å². The Balaban J connectivity index is 1.48. The summed E-state index contributed by atoms with van der Waals surface area (Å²) in [5, 5.41) is 6.66. The number of nitrogens with one attached hydrogen (secondary N) is 2. The first kappa shape index (κ1) is 13.3. The largest absolute Gasteiger partial charge is 0.353 e. The quantitative estimate of drug-likeness (QED) is 0.873. The second-order valence-electron chi connectivity index (χ2n) is 6.96. The van der Waals surface area contributed by atoms with Crippen molar-refractivity contribution in [3.05, 3.63) is 35.4 Å². The molecule has 0 aromatic heterocycles. The Morgan fingerprint density at radius 1 is 1.24 bits per heavy atom. The zero-order chi connectivity index (χ0) is 14.3. The van der Waals surface area contributed by atoms with Crippen molar-refractivity contribution < 1.29 is 4.79 Å². The van der Waals surface area contributed by atoms with E-state index in [0.29, 0.717) is 11.9 Å². The van der Waals surface area contributed by atoms with Crippen LogP contribution in [0.3, 0.4) is 0 Å². The second-order valence-corrected chi connectivity index (χ2v) is 6.96. The monoisotopic (exact) mass is 284 g/mol. The van der Waals surface area contributed by atoms with Crippen molar-refractivity contribution in [1.29, 1.82) is 0 Å². The molecule has 2 fully saturated rings. The molecule has 2 atom stereocenters. The molecule has 1 spiro atoms. The van der Waals surface area contributed by atoms with E-state index >= 15 is 0 Å². The molecule has 112 valence electrons. The van der Waals surface area contributed by atoms with Gasteiger partial charge in [0.1, 0.15) is 0 Å². The van der Waals surface area contributed by atoms with Gasteiger partial charge in [-0.2, -0.15) is 0 Å². The number of hydrogen-bond acceptors (Lipinski definition) is 2. The van der Waals surface area contributed by atoms with Gasteiger partial charge in [0.05, 0.1) is 0 Å². The molecule has 1 heterocycles. The standard InChI is InChI=1S/C18H24N2O/c21-17(20-14-7-10-19-11-8-14)16-12-18(16)9-3-5-13-4-1-2-6-15(13)18/h1-2,4,6,14,16,19H,3,5,7-12H2,(H,20,21). The smallest absolute Gasteiger partial charge is 0.224 e. The van der Waals surface area contributed by atoms with Crippen molar-refractivity contribution >= 4 is 5.91 Å². The summed E-state index contributed by atoms with van der Waals surface area (Å²) < 4.78 is 0. The Morgan fingerprint density at radius 2 is 2.05 bits per heavy atom. The third-order valence-corrected chi connectivity index (χ3v) is 5.70. The predicted octanol–water partition coefficient (Wildman–Crippen LogP) is 2.15. The van der Waals surface area contributed by atoms with E-state index in [1.807, 2.05) is 0 Å². The summed E-state index contributed by atoms with van der Waals surface area (Å²) in [6.45, 7) is 2.06. The lowest BCUT2D eigenvalue weighted by molar-refractivity contribution is -0.123. The fourth-order valence-corrected chi connectivity index (χ4v) is 4.44. The van der Waals surface area contributed by atoms with Crippen LogP contribution in [0.2, 0.25) is 0 Å². The molecule has 0 radical (unpaired) electrons. The zero-order valence-electron chi connectivity index (χ0n) is 12.5. The van der Waals surface area contributed by atoms with Crippen molar-refractivity contribution in [2.45, 2.75) is 50.0 Å². The van der Waals surface area contributed by atoms with Gasteiger partial charge in [0, 0.05) is 17.4 Å². The first-order valence-electron chi connectivity index (χ1n) is 8.39. The summed E-state index contributed by atoms with van der Waals surface area (Å²) in [5.74, 6) is 0.521. The number of rotatable bonds is 2. The number of aryl methyl sites for hydroxylation is 1. The highest BCUT2D eigenvalue weighted by Crippen LogP contribution is 2.60. The molecule has 1 saturated heterocycles. The van der Waals surface area contributed by atoms with Crippen molar-refractivity contribution in [2.75, 3.05) is 13.1 Å². The highest BCUT2D eigenvalue weighted by atomic mass is 16.2. The lowest BCUT2D eigenvalue weighted by Crippen LogP contribution is -2.44. The summed E-state index contributed by atoms with van der Waals surface area (Å²) in [6, 6.07) is 9.15. The summed E-state index contributed by atoms with van der Waals surface area (Å²) in [4.78, 5) is 12.6. The second kappa shape index (κ2) is 5.13. The maximum absolute atomic E-state index is 12.6. The predicted molar refractivity (Wildman–Crippen MR) is 83.2 cm³/mol. The van der Waals surface area contributed by atoms with Gasteiger partial charge in [-0.05, 0) is 62.7 Å². The first-order valence-corrected chi connectivity index (χ1v) is 8.39. The van der Waals surface area contributed by atoms with E-state index in [0.717, 1.165) is 32.4 Å². The van der Waals surface area contributed by atoms with Crippen molar-refractivity contribution in [3.8, 4) is 0 Å². The van der Waals surface area contributed by atoms with E-state index in [1.165, 1.54) is 30.4 Å². The van der Waals surface area contributed by atoms with Crippen LogP contribution in [0.15, 0.2) is 24.3 Å². The molecule has 2 N–H and O–H groups in total. The Hall–Kier alpha value is -1.35. The van der Waals surface area contributed by atoms with Crippen LogP contribution in [-0.2, 0) is 16.6 Å². The van der Waals surface area contributed by atoms with Crippen LogP contribution in [0.5, 0.6) is 0 Å². The van der Waals surface area contributed by atoms with Crippen LogP contribution in [0, 0.1) is 5.92 Å². The minimum absolute atomic E-state index is 0.172. The minimum atomic E-state index is 0.172. The highest BCUT2D eigenvalue weighted by molar-refractivity contribution is 5.85. The van der Waals surface area contributed by atoms with Gasteiger partial charge >= 0.3 is 0 Å². The first-order chi connectivity index (χ1) is 10.3.